The zero-order valence-electron chi connectivity index (χ0n) is 9.95. The number of nitrogens with one attached hydrogen (secondary N) is 1. The molecule has 2 aromatic rings. The summed E-state index contributed by atoms with van der Waals surface area (Å²) in [5.41, 5.74) is 1.37. The van der Waals surface area contributed by atoms with E-state index < -0.39 is 16.0 Å². The number of carbonyl (C=O) groups is 1. The Morgan fingerprint density at radius 2 is 2.05 bits per heavy atom. The molecule has 0 spiro atoms. The van der Waals surface area contributed by atoms with Crippen LogP contribution in [0.4, 0.5) is 5.69 Å². The fourth-order valence-corrected chi connectivity index (χ4v) is 3.66. The Hall–Kier alpha value is -1.86. The van der Waals surface area contributed by atoms with Gasteiger partial charge in [-0.05, 0) is 30.7 Å². The lowest BCUT2D eigenvalue weighted by Crippen LogP contribution is -2.12. The second kappa shape index (κ2) is 5.02. The van der Waals surface area contributed by atoms with E-state index in [-0.39, 0.29) is 9.77 Å². The van der Waals surface area contributed by atoms with Crippen LogP contribution in [0.5, 0.6) is 0 Å². The minimum atomic E-state index is -3.75. The number of anilines is 1. The molecule has 0 aliphatic rings. The molecule has 5 nitrogen and oxygen atoms in total. The van der Waals surface area contributed by atoms with Gasteiger partial charge in [-0.25, -0.2) is 13.2 Å². The van der Waals surface area contributed by atoms with Gasteiger partial charge in [-0.3, -0.25) is 4.72 Å². The highest BCUT2D eigenvalue weighted by Crippen LogP contribution is 2.22. The average molecular weight is 297 g/mol. The maximum atomic E-state index is 12.1. The van der Waals surface area contributed by atoms with Crippen LogP contribution in [-0.2, 0) is 10.0 Å². The van der Waals surface area contributed by atoms with Crippen molar-refractivity contribution in [3.05, 3.63) is 46.2 Å². The first kappa shape index (κ1) is 13.6. The second-order valence-electron chi connectivity index (χ2n) is 3.93. The molecule has 19 heavy (non-hydrogen) atoms. The van der Waals surface area contributed by atoms with Gasteiger partial charge in [0.2, 0.25) is 0 Å². The summed E-state index contributed by atoms with van der Waals surface area (Å²) in [6.07, 6.45) is 0. The molecule has 2 N–H and O–H groups in total. The fourth-order valence-electron chi connectivity index (χ4n) is 1.49. The van der Waals surface area contributed by atoms with Crippen LogP contribution in [0.25, 0.3) is 0 Å². The van der Waals surface area contributed by atoms with E-state index in [9.17, 15) is 13.2 Å². The van der Waals surface area contributed by atoms with Gasteiger partial charge in [0.1, 0.15) is 4.88 Å². The highest BCUT2D eigenvalue weighted by atomic mass is 32.2. The van der Waals surface area contributed by atoms with Crippen molar-refractivity contribution in [2.24, 2.45) is 0 Å². The van der Waals surface area contributed by atoms with E-state index in [2.05, 4.69) is 4.72 Å². The van der Waals surface area contributed by atoms with Crippen molar-refractivity contribution in [1.82, 2.24) is 0 Å². The van der Waals surface area contributed by atoms with Gasteiger partial charge in [0.15, 0.2) is 0 Å². The van der Waals surface area contributed by atoms with Crippen LogP contribution in [0.15, 0.2) is 40.6 Å². The summed E-state index contributed by atoms with van der Waals surface area (Å²) in [6, 6.07) is 8.07. The number of thiophene rings is 1. The maximum Gasteiger partial charge on any atom is 0.345 e. The molecular weight excluding hydrogens is 286 g/mol. The summed E-state index contributed by atoms with van der Waals surface area (Å²) < 4.78 is 26.5. The number of benzene rings is 1. The third-order valence-electron chi connectivity index (χ3n) is 2.37. The predicted octanol–water partition coefficient (Wildman–Crippen LogP) is 2.56. The predicted molar refractivity (Wildman–Crippen MR) is 73.3 cm³/mol. The van der Waals surface area contributed by atoms with Gasteiger partial charge in [-0.2, -0.15) is 0 Å². The normalized spacial score (nSPS) is 11.2. The van der Waals surface area contributed by atoms with Gasteiger partial charge < -0.3 is 5.11 Å². The zero-order valence-corrected chi connectivity index (χ0v) is 11.6. The SMILES string of the molecule is Cc1cccc(NS(=O)(=O)c2csc(C(=O)O)c2)c1. The summed E-state index contributed by atoms with van der Waals surface area (Å²) in [5.74, 6) is -1.14. The Kier molecular flexibility index (Phi) is 3.59. The third-order valence-corrected chi connectivity index (χ3v) is 4.79. The van der Waals surface area contributed by atoms with E-state index in [0.717, 1.165) is 23.0 Å². The smallest absolute Gasteiger partial charge is 0.345 e. The van der Waals surface area contributed by atoms with Crippen molar-refractivity contribution in [3.63, 3.8) is 0 Å². The highest BCUT2D eigenvalue weighted by molar-refractivity contribution is 7.92. The van der Waals surface area contributed by atoms with E-state index >= 15 is 0 Å². The number of hydrogen-bond acceptors (Lipinski definition) is 4. The zero-order chi connectivity index (χ0) is 14.0. The molecule has 100 valence electrons. The van der Waals surface area contributed by atoms with Gasteiger partial charge >= 0.3 is 5.97 Å². The lowest BCUT2D eigenvalue weighted by atomic mass is 10.2. The van der Waals surface area contributed by atoms with Gasteiger partial charge in [0.05, 0.1) is 4.90 Å². The molecule has 0 bridgehead atoms. The minimum absolute atomic E-state index is 0.00961. The molecule has 1 heterocycles. The number of hydrogen-bond donors (Lipinski definition) is 2. The molecule has 2 rings (SSSR count). The van der Waals surface area contributed by atoms with E-state index in [0.29, 0.717) is 5.69 Å². The summed E-state index contributed by atoms with van der Waals surface area (Å²) in [4.78, 5) is 10.7. The van der Waals surface area contributed by atoms with E-state index in [1.807, 2.05) is 13.0 Å². The Bertz CT molecular complexity index is 719. The maximum absolute atomic E-state index is 12.1. The molecule has 0 radical (unpaired) electrons. The van der Waals surface area contributed by atoms with Crippen molar-refractivity contribution in [2.75, 3.05) is 4.72 Å². The number of carboxylic acids is 1. The van der Waals surface area contributed by atoms with Crippen molar-refractivity contribution >= 4 is 33.0 Å². The number of aromatic carboxylic acids is 1. The van der Waals surface area contributed by atoms with E-state index in [1.165, 1.54) is 5.38 Å². The van der Waals surface area contributed by atoms with Crippen LogP contribution in [0, 0.1) is 6.92 Å². The van der Waals surface area contributed by atoms with Gasteiger partial charge in [0, 0.05) is 11.1 Å². The molecule has 1 aromatic heterocycles. The standard InChI is InChI=1S/C12H11NO4S2/c1-8-3-2-4-9(5-8)13-19(16,17)10-6-11(12(14)15)18-7-10/h2-7,13H,1H3,(H,14,15). The van der Waals surface area contributed by atoms with E-state index in [1.54, 1.807) is 18.2 Å². The van der Waals surface area contributed by atoms with E-state index in [4.69, 9.17) is 5.11 Å². The van der Waals surface area contributed by atoms with Crippen LogP contribution >= 0.6 is 11.3 Å². The largest absolute Gasteiger partial charge is 0.477 e. The number of carboxylic acid groups (broad SMARTS) is 1. The average Bonchev–Trinajstić information content (AvgIpc) is 2.78. The van der Waals surface area contributed by atoms with Crippen LogP contribution in [-0.4, -0.2) is 19.5 Å². The van der Waals surface area contributed by atoms with Crippen LogP contribution in [0.2, 0.25) is 0 Å². The van der Waals surface area contributed by atoms with Gasteiger partial charge in [-0.1, -0.05) is 12.1 Å². The summed E-state index contributed by atoms with van der Waals surface area (Å²) in [6.45, 7) is 1.85. The Labute approximate surface area is 114 Å². The molecule has 1 aromatic carbocycles. The van der Waals surface area contributed by atoms with Crippen molar-refractivity contribution < 1.29 is 18.3 Å². The summed E-state index contributed by atoms with van der Waals surface area (Å²) >= 11 is 0.880. The number of rotatable bonds is 4. The molecule has 0 saturated heterocycles. The third kappa shape index (κ3) is 3.12. The van der Waals surface area contributed by atoms with Crippen LogP contribution in [0.3, 0.4) is 0 Å². The minimum Gasteiger partial charge on any atom is -0.477 e. The first-order valence-electron chi connectivity index (χ1n) is 5.30. The molecule has 0 amide bonds. The van der Waals surface area contributed by atoms with Crippen LogP contribution < -0.4 is 4.72 Å². The molecule has 0 atom stereocenters. The quantitative estimate of drug-likeness (QED) is 0.908. The molecule has 0 saturated carbocycles. The molecule has 0 unspecified atom stereocenters. The summed E-state index contributed by atoms with van der Waals surface area (Å²) in [5, 5.41) is 10.1. The van der Waals surface area contributed by atoms with Crippen molar-refractivity contribution in [3.8, 4) is 0 Å². The van der Waals surface area contributed by atoms with Crippen molar-refractivity contribution in [2.45, 2.75) is 11.8 Å². The number of aryl methyl sites for hydroxylation is 1. The molecule has 7 heteroatoms. The molecule has 0 aliphatic heterocycles. The van der Waals surface area contributed by atoms with Crippen molar-refractivity contribution in [1.29, 1.82) is 0 Å². The fraction of sp³-hybridized carbons (Fsp3) is 0.0833. The topological polar surface area (TPSA) is 83.5 Å². The molecule has 0 fully saturated rings. The van der Waals surface area contributed by atoms with Gasteiger partial charge in [-0.15, -0.1) is 11.3 Å². The summed E-state index contributed by atoms with van der Waals surface area (Å²) in [7, 11) is -3.75. The second-order valence-corrected chi connectivity index (χ2v) is 6.52. The first-order valence-corrected chi connectivity index (χ1v) is 7.66. The Morgan fingerprint density at radius 1 is 1.32 bits per heavy atom. The highest BCUT2D eigenvalue weighted by Gasteiger charge is 2.18. The monoisotopic (exact) mass is 297 g/mol. The van der Waals surface area contributed by atoms with Crippen LogP contribution in [0.1, 0.15) is 15.2 Å². The lowest BCUT2D eigenvalue weighted by Gasteiger charge is -2.06. The molecule has 0 aliphatic carbocycles. The number of sulfonamides is 1. The van der Waals surface area contributed by atoms with Gasteiger partial charge in [0.25, 0.3) is 10.0 Å². The molecular formula is C12H11NO4S2. The Morgan fingerprint density at radius 3 is 2.63 bits per heavy atom. The first-order chi connectivity index (χ1) is 8.88. The Balaban J connectivity index is 2.29. The lowest BCUT2D eigenvalue weighted by molar-refractivity contribution is 0.0702.